The van der Waals surface area contributed by atoms with Crippen molar-refractivity contribution in [3.63, 3.8) is 0 Å². The zero-order chi connectivity index (χ0) is 8.43. The van der Waals surface area contributed by atoms with Gasteiger partial charge in [-0.15, -0.1) is 0 Å². The minimum Gasteiger partial charge on any atom is -1.00 e. The maximum Gasteiger partial charge on any atom is 1.00 e. The molecule has 4 N–H and O–H groups in total. The first-order valence-corrected chi connectivity index (χ1v) is 3.44. The Morgan fingerprint density at radius 1 is 0.800 bits per heavy atom. The molecule has 0 amide bonds. The van der Waals surface area contributed by atoms with Crippen molar-refractivity contribution in [2.45, 2.75) is 24.4 Å². The van der Waals surface area contributed by atoms with E-state index in [2.05, 4.69) is 0 Å². The molecular weight excluding hydrogens is 244 g/mol. The van der Waals surface area contributed by atoms with Crippen molar-refractivity contribution in [3.8, 4) is 0 Å². The summed E-state index contributed by atoms with van der Waals surface area (Å²) in [6, 6.07) is 0. The van der Waals surface area contributed by atoms with Crippen molar-refractivity contribution >= 4 is 0 Å². The molecule has 1 fully saturated rings. The summed E-state index contributed by atoms with van der Waals surface area (Å²) >= 11 is 0. The van der Waals surface area contributed by atoms with Gasteiger partial charge in [-0.3, -0.25) is 0 Å². The molecule has 0 bridgehead atoms. The van der Waals surface area contributed by atoms with Crippen LogP contribution in [0.2, 0.25) is 0 Å². The van der Waals surface area contributed by atoms with E-state index < -0.39 is 24.4 Å². The Balaban J connectivity index is -0.0000000252. The van der Waals surface area contributed by atoms with Gasteiger partial charge in [0.15, 0.2) is 0 Å². The maximum atomic E-state index is 9.11. The van der Waals surface area contributed by atoms with Crippen LogP contribution >= 0.6 is 0 Å². The SMILES string of the molecule is OC[C@H]1O[C@H](CO)[C@@H](O)[C@@H]1O.[H-].[H-].[H-].[H-].[Na+].[Na+].[Na+].[Na+]. The minimum absolute atomic E-state index is 0. The van der Waals surface area contributed by atoms with Gasteiger partial charge in [-0.05, 0) is 0 Å². The first-order chi connectivity index (χ1) is 5.20. The summed E-state index contributed by atoms with van der Waals surface area (Å²) in [7, 11) is 0. The van der Waals surface area contributed by atoms with E-state index >= 15 is 0 Å². The van der Waals surface area contributed by atoms with Gasteiger partial charge in [0.2, 0.25) is 0 Å². The molecular formula is C6H16Na4O5. The van der Waals surface area contributed by atoms with Gasteiger partial charge < -0.3 is 30.9 Å². The van der Waals surface area contributed by atoms with Crippen molar-refractivity contribution in [2.24, 2.45) is 0 Å². The zero-order valence-electron chi connectivity index (χ0n) is 13.9. The van der Waals surface area contributed by atoms with Gasteiger partial charge in [0, 0.05) is 0 Å². The van der Waals surface area contributed by atoms with Gasteiger partial charge in [-0.25, -0.2) is 0 Å². The van der Waals surface area contributed by atoms with Crippen LogP contribution in [0.25, 0.3) is 0 Å². The number of hydrogen-bond acceptors (Lipinski definition) is 5. The third-order valence-corrected chi connectivity index (χ3v) is 1.82. The number of rotatable bonds is 2. The van der Waals surface area contributed by atoms with Crippen LogP contribution in [-0.2, 0) is 4.74 Å². The second-order valence-electron chi connectivity index (χ2n) is 2.56. The van der Waals surface area contributed by atoms with E-state index in [9.17, 15) is 0 Å². The standard InChI is InChI=1S/C6H12O5.4Na.4H/c7-1-3-5(9)6(10)4(2-8)11-3;;;;;;;;/h3-10H,1-2H2;;;;;;;;/q;4*+1;4*-1/t3-,4-,5-,6-;;;;;;;;/m1......../s1. The van der Waals surface area contributed by atoms with Gasteiger partial charge in [-0.1, -0.05) is 0 Å². The van der Waals surface area contributed by atoms with Crippen LogP contribution in [0.3, 0.4) is 0 Å². The van der Waals surface area contributed by atoms with Crippen LogP contribution in [0.5, 0.6) is 0 Å². The Morgan fingerprint density at radius 2 is 1.07 bits per heavy atom. The normalized spacial score (nSPS) is 32.8. The number of ether oxygens (including phenoxy) is 1. The van der Waals surface area contributed by atoms with Crippen molar-refractivity contribution in [3.05, 3.63) is 0 Å². The first kappa shape index (κ1) is 27.2. The molecule has 0 saturated carbocycles. The Hall–Kier alpha value is 3.80. The van der Waals surface area contributed by atoms with Crippen molar-refractivity contribution < 1.29 is 149 Å². The fourth-order valence-electron chi connectivity index (χ4n) is 1.13. The molecule has 74 valence electrons. The topological polar surface area (TPSA) is 90.2 Å². The Morgan fingerprint density at radius 3 is 1.20 bits per heavy atom. The quantitative estimate of drug-likeness (QED) is 0.370. The van der Waals surface area contributed by atoms with Gasteiger partial charge in [-0.2, -0.15) is 0 Å². The van der Waals surface area contributed by atoms with Crippen LogP contribution in [0.1, 0.15) is 5.71 Å². The van der Waals surface area contributed by atoms with Gasteiger partial charge in [0.1, 0.15) is 24.4 Å². The Bertz CT molecular complexity index is 137. The van der Waals surface area contributed by atoms with E-state index in [-0.39, 0.29) is 137 Å². The molecule has 1 saturated heterocycles. The van der Waals surface area contributed by atoms with Gasteiger partial charge >= 0.3 is 118 Å². The molecule has 5 nitrogen and oxygen atoms in total. The van der Waals surface area contributed by atoms with Crippen molar-refractivity contribution in [1.82, 2.24) is 0 Å². The van der Waals surface area contributed by atoms with Crippen LogP contribution in [0, 0.1) is 0 Å². The van der Waals surface area contributed by atoms with Crippen LogP contribution in [-0.4, -0.2) is 58.1 Å². The second-order valence-corrected chi connectivity index (χ2v) is 2.56. The molecule has 0 radical (unpaired) electrons. The monoisotopic (exact) mass is 260 g/mol. The fraction of sp³-hybridized carbons (Fsp3) is 1.00. The van der Waals surface area contributed by atoms with E-state index in [4.69, 9.17) is 25.2 Å². The predicted molar refractivity (Wildman–Crippen MR) is 39.3 cm³/mol. The summed E-state index contributed by atoms with van der Waals surface area (Å²) in [5.41, 5.74) is 0. The third kappa shape index (κ3) is 7.84. The molecule has 15 heavy (non-hydrogen) atoms. The zero-order valence-corrected chi connectivity index (χ0v) is 17.9. The molecule has 4 atom stereocenters. The number of hydrogen-bond donors (Lipinski definition) is 4. The van der Waals surface area contributed by atoms with E-state index in [1.54, 1.807) is 0 Å². The fourth-order valence-corrected chi connectivity index (χ4v) is 1.13. The Labute approximate surface area is 183 Å². The van der Waals surface area contributed by atoms with E-state index in [0.717, 1.165) is 0 Å². The molecule has 0 aliphatic carbocycles. The number of aliphatic hydroxyl groups is 4. The summed E-state index contributed by atoms with van der Waals surface area (Å²) in [4.78, 5) is 0. The number of aliphatic hydroxyl groups excluding tert-OH is 4. The molecule has 0 aromatic heterocycles. The van der Waals surface area contributed by atoms with Crippen LogP contribution in [0.15, 0.2) is 0 Å². The first-order valence-electron chi connectivity index (χ1n) is 3.44. The molecule has 1 aliphatic rings. The van der Waals surface area contributed by atoms with Crippen molar-refractivity contribution in [1.29, 1.82) is 0 Å². The maximum absolute atomic E-state index is 9.11. The Kier molecular flexibility index (Phi) is 25.8. The minimum atomic E-state index is -1.10. The third-order valence-electron chi connectivity index (χ3n) is 1.82. The summed E-state index contributed by atoms with van der Waals surface area (Å²) in [5, 5.41) is 35.4. The molecule has 1 heterocycles. The second kappa shape index (κ2) is 14.2. The molecule has 0 unspecified atom stereocenters. The van der Waals surface area contributed by atoms with E-state index in [1.165, 1.54) is 0 Å². The summed E-state index contributed by atoms with van der Waals surface area (Å²) in [5.74, 6) is 0. The molecule has 1 rings (SSSR count). The molecule has 9 heteroatoms. The largest absolute Gasteiger partial charge is 1.00 e. The molecule has 0 spiro atoms. The van der Waals surface area contributed by atoms with Gasteiger partial charge in [0.25, 0.3) is 0 Å². The smallest absolute Gasteiger partial charge is 1.00 e. The molecule has 1 aliphatic heterocycles. The van der Waals surface area contributed by atoms with E-state index in [1.807, 2.05) is 0 Å². The van der Waals surface area contributed by atoms with Crippen LogP contribution < -0.4 is 118 Å². The predicted octanol–water partition coefficient (Wildman–Crippen LogP) is -14.1. The summed E-state index contributed by atoms with van der Waals surface area (Å²) in [6.45, 7) is -0.705. The van der Waals surface area contributed by atoms with Gasteiger partial charge in [0.05, 0.1) is 13.2 Å². The average Bonchev–Trinajstić information content (AvgIpc) is 2.30. The molecule has 0 aromatic carbocycles. The molecule has 0 aromatic rings. The summed E-state index contributed by atoms with van der Waals surface area (Å²) in [6.07, 6.45) is -3.75. The summed E-state index contributed by atoms with van der Waals surface area (Å²) < 4.78 is 4.88. The van der Waals surface area contributed by atoms with E-state index in [0.29, 0.717) is 0 Å². The average molecular weight is 260 g/mol. The van der Waals surface area contributed by atoms with Crippen molar-refractivity contribution in [2.75, 3.05) is 13.2 Å². The van der Waals surface area contributed by atoms with Crippen LogP contribution in [0.4, 0.5) is 0 Å².